The number of unbranched alkanes of at least 4 members (excludes halogenated alkanes) is 1. The molecular formula is C15H21ClN2O2S. The van der Waals surface area contributed by atoms with Gasteiger partial charge in [-0.3, -0.25) is 0 Å². The van der Waals surface area contributed by atoms with Crippen LogP contribution >= 0.6 is 23.8 Å². The van der Waals surface area contributed by atoms with Gasteiger partial charge in [0.2, 0.25) is 0 Å². The summed E-state index contributed by atoms with van der Waals surface area (Å²) in [5, 5.41) is 6.92. The Kier molecular flexibility index (Phi) is 8.08. The van der Waals surface area contributed by atoms with E-state index in [0.29, 0.717) is 28.9 Å². The smallest absolute Gasteiger partial charge is 0.328 e. The van der Waals surface area contributed by atoms with Crippen molar-refractivity contribution in [2.45, 2.75) is 39.2 Å². The van der Waals surface area contributed by atoms with Gasteiger partial charge in [0.05, 0.1) is 17.3 Å². The minimum atomic E-state index is -0.438. The maximum absolute atomic E-state index is 11.9. The predicted octanol–water partition coefficient (Wildman–Crippen LogP) is 3.75. The third-order valence-corrected chi connectivity index (χ3v) is 3.39. The summed E-state index contributed by atoms with van der Waals surface area (Å²) >= 11 is 11.3. The predicted molar refractivity (Wildman–Crippen MR) is 90.8 cm³/mol. The Morgan fingerprint density at radius 2 is 2.10 bits per heavy atom. The molecule has 1 rings (SSSR count). The van der Waals surface area contributed by atoms with Crippen molar-refractivity contribution in [1.82, 2.24) is 5.32 Å². The van der Waals surface area contributed by atoms with Gasteiger partial charge in [-0.1, -0.05) is 43.5 Å². The number of rotatable bonds is 7. The Hall–Kier alpha value is -1.33. The second-order valence-electron chi connectivity index (χ2n) is 4.53. The molecule has 1 unspecified atom stereocenters. The Labute approximate surface area is 136 Å². The van der Waals surface area contributed by atoms with Crippen molar-refractivity contribution in [3.05, 3.63) is 29.3 Å². The van der Waals surface area contributed by atoms with Crippen molar-refractivity contribution in [3.8, 4) is 0 Å². The van der Waals surface area contributed by atoms with Gasteiger partial charge in [0.15, 0.2) is 5.11 Å². The summed E-state index contributed by atoms with van der Waals surface area (Å²) in [6.45, 7) is 4.21. The Balaban J connectivity index is 2.62. The van der Waals surface area contributed by atoms with Crippen LogP contribution in [0.15, 0.2) is 24.3 Å². The molecule has 1 aromatic carbocycles. The van der Waals surface area contributed by atoms with Gasteiger partial charge in [-0.2, -0.15) is 0 Å². The standard InChI is InChI=1S/C15H21ClN2O2S/c1-3-5-9-13(14(19)20-4-2)18-15(21)17-12-10-7-6-8-11(12)16/h6-8,10,13H,3-5,9H2,1-2H3,(H2,17,18,21). The normalized spacial score (nSPS) is 11.6. The maximum Gasteiger partial charge on any atom is 0.328 e. The summed E-state index contributed by atoms with van der Waals surface area (Å²) in [6, 6.07) is 6.85. The number of carbonyl (C=O) groups is 1. The van der Waals surface area contributed by atoms with E-state index in [-0.39, 0.29) is 5.97 Å². The molecular weight excluding hydrogens is 308 g/mol. The third kappa shape index (κ3) is 6.31. The van der Waals surface area contributed by atoms with Crippen LogP contribution in [-0.4, -0.2) is 23.7 Å². The molecule has 116 valence electrons. The highest BCUT2D eigenvalue weighted by atomic mass is 35.5. The number of ether oxygens (including phenoxy) is 1. The summed E-state index contributed by atoms with van der Waals surface area (Å²) in [6.07, 6.45) is 2.60. The first-order chi connectivity index (χ1) is 10.1. The minimum absolute atomic E-state index is 0.283. The van der Waals surface area contributed by atoms with Crippen LogP contribution in [0.25, 0.3) is 0 Å². The molecule has 0 fully saturated rings. The molecule has 0 aliphatic heterocycles. The van der Waals surface area contributed by atoms with Gasteiger partial charge >= 0.3 is 5.97 Å². The molecule has 0 spiro atoms. The van der Waals surface area contributed by atoms with Gasteiger partial charge in [0.25, 0.3) is 0 Å². The van der Waals surface area contributed by atoms with E-state index in [9.17, 15) is 4.79 Å². The number of para-hydroxylation sites is 1. The lowest BCUT2D eigenvalue weighted by Crippen LogP contribution is -2.43. The molecule has 1 atom stereocenters. The largest absolute Gasteiger partial charge is 0.464 e. The highest BCUT2D eigenvalue weighted by molar-refractivity contribution is 7.80. The number of benzene rings is 1. The first-order valence-corrected chi connectivity index (χ1v) is 7.85. The maximum atomic E-state index is 11.9. The van der Waals surface area contributed by atoms with E-state index in [1.807, 2.05) is 18.2 Å². The van der Waals surface area contributed by atoms with Crippen molar-refractivity contribution in [3.63, 3.8) is 0 Å². The molecule has 21 heavy (non-hydrogen) atoms. The van der Waals surface area contributed by atoms with Crippen molar-refractivity contribution >= 4 is 40.6 Å². The molecule has 1 aromatic rings. The van der Waals surface area contributed by atoms with Crippen molar-refractivity contribution in [2.24, 2.45) is 0 Å². The van der Waals surface area contributed by atoms with Crippen LogP contribution in [0.4, 0.5) is 5.69 Å². The number of hydrogen-bond acceptors (Lipinski definition) is 3. The van der Waals surface area contributed by atoms with Crippen molar-refractivity contribution < 1.29 is 9.53 Å². The molecule has 0 aliphatic carbocycles. The molecule has 4 nitrogen and oxygen atoms in total. The quantitative estimate of drug-likeness (QED) is 0.589. The molecule has 0 heterocycles. The van der Waals surface area contributed by atoms with Gasteiger partial charge in [-0.25, -0.2) is 4.79 Å². The van der Waals surface area contributed by atoms with Crippen LogP contribution in [0.3, 0.4) is 0 Å². The zero-order valence-corrected chi connectivity index (χ0v) is 13.9. The van der Waals surface area contributed by atoms with Gasteiger partial charge in [-0.05, 0) is 37.7 Å². The molecule has 0 aliphatic rings. The van der Waals surface area contributed by atoms with E-state index < -0.39 is 6.04 Å². The van der Waals surface area contributed by atoms with Crippen LogP contribution in [0, 0.1) is 0 Å². The van der Waals surface area contributed by atoms with Crippen LogP contribution in [0.5, 0.6) is 0 Å². The van der Waals surface area contributed by atoms with Gasteiger partial charge in [0.1, 0.15) is 6.04 Å². The van der Waals surface area contributed by atoms with E-state index in [1.165, 1.54) is 0 Å². The van der Waals surface area contributed by atoms with Gasteiger partial charge in [0, 0.05) is 0 Å². The van der Waals surface area contributed by atoms with Crippen molar-refractivity contribution in [2.75, 3.05) is 11.9 Å². The lowest BCUT2D eigenvalue weighted by atomic mass is 10.1. The Morgan fingerprint density at radius 1 is 1.38 bits per heavy atom. The Bertz CT molecular complexity index is 482. The lowest BCUT2D eigenvalue weighted by Gasteiger charge is -2.19. The SMILES string of the molecule is CCCCC(NC(=S)Nc1ccccc1Cl)C(=O)OCC. The summed E-state index contributed by atoms with van der Waals surface area (Å²) in [7, 11) is 0. The zero-order valence-electron chi connectivity index (χ0n) is 12.3. The number of thiocarbonyl (C=S) groups is 1. The van der Waals surface area contributed by atoms with E-state index in [0.717, 1.165) is 12.8 Å². The molecule has 0 saturated carbocycles. The number of hydrogen-bond donors (Lipinski definition) is 2. The highest BCUT2D eigenvalue weighted by Crippen LogP contribution is 2.20. The summed E-state index contributed by atoms with van der Waals surface area (Å²) in [5.41, 5.74) is 0.703. The topological polar surface area (TPSA) is 50.4 Å². The second-order valence-corrected chi connectivity index (χ2v) is 5.34. The number of nitrogens with one attached hydrogen (secondary N) is 2. The second kappa shape index (κ2) is 9.58. The third-order valence-electron chi connectivity index (χ3n) is 2.84. The molecule has 0 radical (unpaired) electrons. The fraction of sp³-hybridized carbons (Fsp3) is 0.467. The van der Waals surface area contributed by atoms with Gasteiger partial charge < -0.3 is 15.4 Å². The number of carbonyl (C=O) groups excluding carboxylic acids is 1. The van der Waals surface area contributed by atoms with Crippen LogP contribution in [-0.2, 0) is 9.53 Å². The molecule has 0 bridgehead atoms. The van der Waals surface area contributed by atoms with E-state index in [2.05, 4.69) is 17.6 Å². The number of esters is 1. The molecule has 0 aromatic heterocycles. The average molecular weight is 329 g/mol. The van der Waals surface area contributed by atoms with E-state index >= 15 is 0 Å². The lowest BCUT2D eigenvalue weighted by molar-refractivity contribution is -0.145. The van der Waals surface area contributed by atoms with Crippen LogP contribution in [0.2, 0.25) is 5.02 Å². The fourth-order valence-corrected chi connectivity index (χ4v) is 2.21. The molecule has 2 N–H and O–H groups in total. The number of halogens is 1. The average Bonchev–Trinajstić information content (AvgIpc) is 2.46. The monoisotopic (exact) mass is 328 g/mol. The highest BCUT2D eigenvalue weighted by Gasteiger charge is 2.20. The molecule has 6 heteroatoms. The first kappa shape index (κ1) is 17.7. The first-order valence-electron chi connectivity index (χ1n) is 7.07. The zero-order chi connectivity index (χ0) is 15.7. The van der Waals surface area contributed by atoms with Crippen LogP contribution in [0.1, 0.15) is 33.1 Å². The summed E-state index contributed by atoms with van der Waals surface area (Å²) in [4.78, 5) is 11.9. The minimum Gasteiger partial charge on any atom is -0.464 e. The van der Waals surface area contributed by atoms with Crippen LogP contribution < -0.4 is 10.6 Å². The molecule has 0 saturated heterocycles. The van der Waals surface area contributed by atoms with Gasteiger partial charge in [-0.15, -0.1) is 0 Å². The fourth-order valence-electron chi connectivity index (χ4n) is 1.78. The Morgan fingerprint density at radius 3 is 2.71 bits per heavy atom. The van der Waals surface area contributed by atoms with E-state index in [4.69, 9.17) is 28.6 Å². The number of anilines is 1. The summed E-state index contributed by atoms with van der Waals surface area (Å²) < 4.78 is 5.06. The van der Waals surface area contributed by atoms with E-state index in [1.54, 1.807) is 13.0 Å². The molecule has 0 amide bonds. The van der Waals surface area contributed by atoms with Crippen molar-refractivity contribution in [1.29, 1.82) is 0 Å². The summed E-state index contributed by atoms with van der Waals surface area (Å²) in [5.74, 6) is -0.283.